The SMILES string of the molecule is CCC(C)(C)CCSC(=O)CCN1CCOCC1.CCC(C)(C)CSC(=O)CCN1CCOCC1.CCCC(C)(C)CC.CS(=O)(=O)SC/C=C\CSS(C)(=O)=O.CS(=O)(=O)SCCSS(C)(=O)=O.CS(=O)(=O)SCSS(C)(=O)=O.[3H]SCC.[3H]SCCOC(=O)OC(C)C. The first-order valence-electron chi connectivity index (χ1n) is 30.8. The predicted molar refractivity (Wildman–Crippen MR) is 419 cm³/mol. The van der Waals surface area contributed by atoms with E-state index in [1.165, 1.54) is 49.2 Å². The largest absolute Gasteiger partial charge is 0.508 e. The van der Waals surface area contributed by atoms with Gasteiger partial charge in [0.05, 0.1) is 37.6 Å². The second kappa shape index (κ2) is 59.9. The summed E-state index contributed by atoms with van der Waals surface area (Å²) in [6.45, 7) is 37.1. The van der Waals surface area contributed by atoms with Crippen molar-refractivity contribution in [2.45, 2.75) is 147 Å². The number of carbonyl (C=O) groups excluding carboxylic acids is 3. The molecule has 0 aliphatic carbocycles. The summed E-state index contributed by atoms with van der Waals surface area (Å²) < 4.78 is 160. The minimum Gasteiger partial charge on any atom is -0.433 e. The molecule has 0 aromatic rings. The fourth-order valence-corrected chi connectivity index (χ4v) is 20.9. The molecule has 0 N–H and O–H groups in total. The van der Waals surface area contributed by atoms with Crippen molar-refractivity contribution < 1.29 is 83.8 Å². The maximum absolute atomic E-state index is 11.8. The number of rotatable bonds is 36. The second-order valence-electron chi connectivity index (χ2n) is 22.9. The van der Waals surface area contributed by atoms with Gasteiger partial charge in [0.1, 0.15) is 8.85 Å². The van der Waals surface area contributed by atoms with Gasteiger partial charge < -0.3 is 18.9 Å². The van der Waals surface area contributed by atoms with Crippen molar-refractivity contribution in [1.82, 2.24) is 9.80 Å². The first-order valence-corrected chi connectivity index (χ1v) is 53.5. The van der Waals surface area contributed by atoms with Crippen LogP contribution < -0.4 is 0 Å². The summed E-state index contributed by atoms with van der Waals surface area (Å²) in [7, 11) is -13.9. The maximum Gasteiger partial charge on any atom is 0.508 e. The Morgan fingerprint density at radius 1 is 0.527 bits per heavy atom. The first kappa shape index (κ1) is 101. The molecule has 0 unspecified atom stereocenters. The number of ether oxygens (including phenoxy) is 4. The van der Waals surface area contributed by atoms with Gasteiger partial charge in [0.2, 0.25) is 0 Å². The van der Waals surface area contributed by atoms with Crippen LogP contribution in [0.4, 0.5) is 4.79 Å². The standard InChI is InChI=1S/C14H27NO2S.C13H25NO2S.C8H18.C6H12O4S4.C6H12O3S.C4H10O4S4.C3H8O4S4.C2H6S/c1-4-14(2,3)6-12-18-13(16)5-7-15-8-10-17-11-9-15;1-4-13(2,3)11-17-12(15)5-6-14-7-9-16-10-8-14;1-5-7-8(3,4)6-2;1-13(7,8)11-5-3-4-6-12-14(2,9)10;1-5(2)9-6(7)8-3-4-10;1-11(5,6)9-3-4-10-12(2,7)8;1-10(4,5)8-3-9-11(2,6)7;1-2-3/h4-12H2,1-3H3;4-11H2,1-3H3;5-7H2,1-4H3;3-4H,5-6H2,1-2H3;5,10H,3-4H2,1-2H3;3-4H2,1-2H3;3H2,1-2H3;3H,2H2,1H3/b;;;4-3-;;;;/i/hT2. The Kier molecular flexibility index (Phi) is 64.9. The van der Waals surface area contributed by atoms with Crippen molar-refractivity contribution in [3.63, 3.8) is 0 Å². The lowest BCUT2D eigenvalue weighted by Gasteiger charge is -2.26. The van der Waals surface area contributed by atoms with Crippen molar-refractivity contribution in [3.05, 3.63) is 12.2 Å². The molecule has 0 spiro atoms. The Morgan fingerprint density at radius 3 is 1.18 bits per heavy atom. The van der Waals surface area contributed by atoms with E-state index in [0.717, 1.165) is 202 Å². The van der Waals surface area contributed by atoms with Crippen LogP contribution in [-0.4, -0.2) is 246 Å². The van der Waals surface area contributed by atoms with Crippen molar-refractivity contribution in [3.8, 4) is 0 Å². The van der Waals surface area contributed by atoms with E-state index in [4.69, 9.17) is 11.7 Å². The van der Waals surface area contributed by atoms with E-state index in [1.807, 2.05) is 6.92 Å². The normalized spacial score (nSPS) is 14.7. The molecule has 37 heteroatoms. The third-order valence-electron chi connectivity index (χ3n) is 11.7. The summed E-state index contributed by atoms with van der Waals surface area (Å²) in [4.78, 5) is 38.8. The first-order chi connectivity index (χ1) is 43.4. The van der Waals surface area contributed by atoms with E-state index in [0.29, 0.717) is 84.3 Å². The second-order valence-corrected chi connectivity index (χ2v) is 53.5. The predicted octanol–water partition coefficient (Wildman–Crippen LogP) is 12.5. The molecule has 562 valence electrons. The summed E-state index contributed by atoms with van der Waals surface area (Å²) in [5, 5.41) is 0.698. The summed E-state index contributed by atoms with van der Waals surface area (Å²) in [6, 6.07) is 0. The number of carbonyl (C=O) groups is 3. The van der Waals surface area contributed by atoms with Crippen molar-refractivity contribution in [1.29, 1.82) is 2.25 Å². The van der Waals surface area contributed by atoms with E-state index < -0.39 is 59.4 Å². The molecule has 0 aromatic heterocycles. The van der Waals surface area contributed by atoms with Crippen LogP contribution in [0.1, 0.15) is 141 Å². The molecule has 0 aromatic carbocycles. The molecule has 21 nitrogen and oxygen atoms in total. The Morgan fingerprint density at radius 2 is 0.882 bits per heavy atom. The molecule has 2 rings (SSSR count). The molecule has 2 heterocycles. The molecule has 93 heavy (non-hydrogen) atoms. The number of hydrogen-bond acceptors (Lipinski definition) is 31. The van der Waals surface area contributed by atoms with Crippen LogP contribution in [0.5, 0.6) is 0 Å². The van der Waals surface area contributed by atoms with Crippen LogP contribution >= 0.6 is 113 Å². The highest BCUT2D eigenvalue weighted by atomic mass is 33.2. The smallest absolute Gasteiger partial charge is 0.433 e. The number of nitrogens with zero attached hydrogens (tertiary/aromatic N) is 2. The number of hydrogen-bond donors (Lipinski definition) is 2. The van der Waals surface area contributed by atoms with Crippen molar-refractivity contribution in [2.24, 2.45) is 16.2 Å². The molecule has 0 amide bonds. The van der Waals surface area contributed by atoms with Crippen LogP contribution in [0.15, 0.2) is 12.2 Å². The molecule has 2 aliphatic heterocycles. The fraction of sp³-hybridized carbons (Fsp3) is 0.911. The Hall–Kier alpha value is 1.39. The zero-order valence-electron chi connectivity index (χ0n) is 60.7. The van der Waals surface area contributed by atoms with E-state index >= 15 is 0 Å². The highest BCUT2D eigenvalue weighted by molar-refractivity contribution is 8.80. The van der Waals surface area contributed by atoms with Crippen LogP contribution in [0.3, 0.4) is 0 Å². The maximum atomic E-state index is 11.8. The van der Waals surface area contributed by atoms with Gasteiger partial charge >= 0.3 is 6.16 Å². The van der Waals surface area contributed by atoms with E-state index in [2.05, 4.69) is 88.5 Å². The third kappa shape index (κ3) is 97.6. The fourth-order valence-electron chi connectivity index (χ4n) is 5.52. The molecule has 2 aliphatic rings. The zero-order chi connectivity index (χ0) is 75.1. The summed E-state index contributed by atoms with van der Waals surface area (Å²) in [5.74, 6) is 4.58. The lowest BCUT2D eigenvalue weighted by Crippen LogP contribution is -2.37. The van der Waals surface area contributed by atoms with Crippen molar-refractivity contribution in [2.75, 3.05) is 161 Å². The summed E-state index contributed by atoms with van der Waals surface area (Å²) >= 11 is 5.00. The molecule has 0 bridgehead atoms. The van der Waals surface area contributed by atoms with Crippen molar-refractivity contribution >= 4 is 183 Å². The highest BCUT2D eigenvalue weighted by Gasteiger charge is 2.20. The number of thioether (sulfide) groups is 2. The average molecular weight is 1640 g/mol. The van der Waals surface area contributed by atoms with Gasteiger partial charge in [0.15, 0.2) is 63.4 Å². The van der Waals surface area contributed by atoms with E-state index in [-0.39, 0.29) is 23.2 Å². The van der Waals surface area contributed by atoms with Gasteiger partial charge in [0, 0.05) is 130 Å². The van der Waals surface area contributed by atoms with Gasteiger partial charge in [-0.05, 0) is 113 Å². The number of morpholine rings is 2. The zero-order valence-corrected chi connectivity index (χ0v) is 71.8. The molecular weight excluding hydrogens is 1520 g/mol. The van der Waals surface area contributed by atoms with E-state index in [9.17, 15) is 64.9 Å². The molecule has 0 saturated carbocycles. The van der Waals surface area contributed by atoms with Crippen LogP contribution in [0.25, 0.3) is 0 Å². The van der Waals surface area contributed by atoms with Gasteiger partial charge in [-0.3, -0.25) is 19.4 Å². The average Bonchev–Trinajstić information content (AvgIpc) is 2.44. The minimum absolute atomic E-state index is 0.0255. The third-order valence-corrected chi connectivity index (χ3v) is 30.5. The van der Waals surface area contributed by atoms with Gasteiger partial charge in [-0.15, -0.1) is 0 Å². The van der Waals surface area contributed by atoms with Crippen LogP contribution in [0.2, 0.25) is 0 Å². The van der Waals surface area contributed by atoms with Gasteiger partial charge in [0.25, 0.3) is 0 Å². The topological polar surface area (TPSA) is 299 Å². The quantitative estimate of drug-likeness (QED) is 0.0147. The monoisotopic (exact) mass is 1640 g/mol. The van der Waals surface area contributed by atoms with Crippen LogP contribution in [0, 0.1) is 16.2 Å². The van der Waals surface area contributed by atoms with Gasteiger partial charge in [-0.25, -0.2) is 55.3 Å². The summed E-state index contributed by atoms with van der Waals surface area (Å²) in [5.41, 5.74) is 1.24. The molecule has 2 saturated heterocycles. The Bertz CT molecular complexity index is 2580. The Balaban J connectivity index is -0.000000244. The number of thiol groups is 2. The molecular formula is C56H118N2O19S16. The molecule has 2 fully saturated rings. The van der Waals surface area contributed by atoms with E-state index in [1.54, 1.807) is 26.0 Å². The molecule has 0 radical (unpaired) electrons. The lowest BCUT2D eigenvalue weighted by molar-refractivity contribution is -0.112. The van der Waals surface area contributed by atoms with Gasteiger partial charge in [-0.2, -0.15) is 25.1 Å². The van der Waals surface area contributed by atoms with Gasteiger partial charge in [-0.1, -0.05) is 138 Å². The molecule has 0 atom stereocenters. The lowest BCUT2D eigenvalue weighted by atomic mass is 9.86. The minimum atomic E-state index is -3.12. The Labute approximate surface area is 609 Å². The van der Waals surface area contributed by atoms with Crippen LogP contribution in [-0.2, 0) is 81.8 Å². The highest BCUT2D eigenvalue weighted by Crippen LogP contribution is 2.28. The summed E-state index contributed by atoms with van der Waals surface area (Å²) in [6.07, 6.45) is 17.8.